The number of carbonyl (C=O) groups excluding carboxylic acids is 2. The Kier molecular flexibility index (Phi) is 4.94. The minimum absolute atomic E-state index is 0.148. The first-order chi connectivity index (χ1) is 14.0. The third-order valence-electron chi connectivity index (χ3n) is 4.72. The summed E-state index contributed by atoms with van der Waals surface area (Å²) in [6, 6.07) is 16.7. The van der Waals surface area contributed by atoms with E-state index in [4.69, 9.17) is 16.3 Å². The lowest BCUT2D eigenvalue weighted by molar-refractivity contribution is 0.0474. The van der Waals surface area contributed by atoms with Gasteiger partial charge in [-0.15, -0.1) is 0 Å². The molecule has 0 aliphatic rings. The van der Waals surface area contributed by atoms with Crippen LogP contribution >= 0.6 is 11.6 Å². The maximum absolute atomic E-state index is 12.7. The van der Waals surface area contributed by atoms with Gasteiger partial charge in [0.15, 0.2) is 6.61 Å². The molecule has 0 bridgehead atoms. The van der Waals surface area contributed by atoms with E-state index in [-0.39, 0.29) is 23.1 Å². The minimum Gasteiger partial charge on any atom is -0.454 e. The average Bonchev–Trinajstić information content (AvgIpc) is 3.21. The van der Waals surface area contributed by atoms with Gasteiger partial charge in [0.25, 0.3) is 0 Å². The molecule has 2 aromatic heterocycles. The number of carbonyl (C=O) groups is 2. The van der Waals surface area contributed by atoms with Crippen molar-refractivity contribution in [1.29, 1.82) is 0 Å². The summed E-state index contributed by atoms with van der Waals surface area (Å²) in [6.07, 6.45) is 0. The summed E-state index contributed by atoms with van der Waals surface area (Å²) in [5.74, 6) is -0.960. The molecule has 4 rings (SSSR count). The highest BCUT2D eigenvalue weighted by molar-refractivity contribution is 6.33. The number of nitrogens with zero attached hydrogens (tertiary/aromatic N) is 2. The quantitative estimate of drug-likeness (QED) is 0.385. The minimum atomic E-state index is -0.680. The standard InChI is InChI=1S/C22H18ClN3O3/c1-13-19(16-10-6-7-11-17(16)24-13)18(27)12-29-22(28)20-14(2)25-26(21(20)23)15-8-4-3-5-9-15/h3-11,24H,12H2,1-2H3. The van der Waals surface area contributed by atoms with Gasteiger partial charge in [0.05, 0.1) is 11.4 Å². The summed E-state index contributed by atoms with van der Waals surface area (Å²) in [4.78, 5) is 28.5. The molecule has 0 aliphatic carbocycles. The van der Waals surface area contributed by atoms with Crippen LogP contribution in [0.2, 0.25) is 5.15 Å². The van der Waals surface area contributed by atoms with E-state index in [9.17, 15) is 9.59 Å². The second kappa shape index (κ2) is 7.56. The van der Waals surface area contributed by atoms with Crippen LogP contribution < -0.4 is 0 Å². The number of para-hydroxylation sites is 2. The van der Waals surface area contributed by atoms with Crippen molar-refractivity contribution >= 4 is 34.3 Å². The lowest BCUT2D eigenvalue weighted by Gasteiger charge is -2.05. The number of benzene rings is 2. The molecule has 0 fully saturated rings. The number of fused-ring (bicyclic) bond motifs is 1. The van der Waals surface area contributed by atoms with E-state index in [1.807, 2.05) is 61.5 Å². The van der Waals surface area contributed by atoms with Gasteiger partial charge in [-0.2, -0.15) is 5.10 Å². The van der Waals surface area contributed by atoms with E-state index < -0.39 is 5.97 Å². The molecule has 2 heterocycles. The van der Waals surface area contributed by atoms with E-state index >= 15 is 0 Å². The molecule has 0 spiro atoms. The number of hydrogen-bond acceptors (Lipinski definition) is 4. The molecule has 2 aromatic carbocycles. The number of nitrogens with one attached hydrogen (secondary N) is 1. The molecule has 146 valence electrons. The van der Waals surface area contributed by atoms with Gasteiger partial charge in [0.2, 0.25) is 5.78 Å². The first kappa shape index (κ1) is 19.0. The molecule has 7 heteroatoms. The zero-order valence-electron chi connectivity index (χ0n) is 15.9. The molecule has 0 saturated heterocycles. The van der Waals surface area contributed by atoms with Crippen molar-refractivity contribution in [3.63, 3.8) is 0 Å². The van der Waals surface area contributed by atoms with Gasteiger partial charge in [0.1, 0.15) is 10.7 Å². The highest BCUT2D eigenvalue weighted by Gasteiger charge is 2.24. The molecule has 0 aliphatic heterocycles. The molecule has 1 N–H and O–H groups in total. The Morgan fingerprint density at radius 1 is 1.03 bits per heavy atom. The SMILES string of the molecule is Cc1nn(-c2ccccc2)c(Cl)c1C(=O)OCC(=O)c1c(C)[nH]c2ccccc12. The van der Waals surface area contributed by atoms with Crippen LogP contribution in [0.4, 0.5) is 0 Å². The normalized spacial score (nSPS) is 11.0. The Morgan fingerprint density at radius 2 is 1.72 bits per heavy atom. The number of ether oxygens (including phenoxy) is 1. The number of ketones is 1. The third-order valence-corrected chi connectivity index (χ3v) is 5.06. The van der Waals surface area contributed by atoms with Gasteiger partial charge < -0.3 is 9.72 Å². The van der Waals surface area contributed by atoms with E-state index in [0.717, 1.165) is 22.3 Å². The van der Waals surface area contributed by atoms with Crippen LogP contribution in [0.1, 0.15) is 32.1 Å². The smallest absolute Gasteiger partial charge is 0.343 e. The van der Waals surface area contributed by atoms with Crippen LogP contribution in [0.15, 0.2) is 54.6 Å². The number of aryl methyl sites for hydroxylation is 2. The molecule has 0 atom stereocenters. The summed E-state index contributed by atoms with van der Waals surface area (Å²) < 4.78 is 6.76. The van der Waals surface area contributed by atoms with Gasteiger partial charge in [0, 0.05) is 22.2 Å². The van der Waals surface area contributed by atoms with Crippen LogP contribution in [0.3, 0.4) is 0 Å². The maximum atomic E-state index is 12.7. The van der Waals surface area contributed by atoms with E-state index in [0.29, 0.717) is 11.3 Å². The highest BCUT2D eigenvalue weighted by atomic mass is 35.5. The van der Waals surface area contributed by atoms with Gasteiger partial charge >= 0.3 is 5.97 Å². The largest absolute Gasteiger partial charge is 0.454 e. The Bertz CT molecular complexity index is 1230. The number of esters is 1. The van der Waals surface area contributed by atoms with Crippen molar-refractivity contribution in [3.05, 3.63) is 82.3 Å². The molecule has 29 heavy (non-hydrogen) atoms. The molecule has 0 radical (unpaired) electrons. The van der Waals surface area contributed by atoms with Crippen LogP contribution in [0.5, 0.6) is 0 Å². The van der Waals surface area contributed by atoms with Gasteiger partial charge in [-0.3, -0.25) is 4.79 Å². The maximum Gasteiger partial charge on any atom is 0.343 e. The van der Waals surface area contributed by atoms with Crippen molar-refractivity contribution in [2.24, 2.45) is 0 Å². The second-order valence-corrected chi connectivity index (χ2v) is 7.03. The monoisotopic (exact) mass is 407 g/mol. The third kappa shape index (κ3) is 3.43. The summed E-state index contributed by atoms with van der Waals surface area (Å²) in [5.41, 5.74) is 3.43. The zero-order chi connectivity index (χ0) is 20.5. The first-order valence-electron chi connectivity index (χ1n) is 9.05. The van der Waals surface area contributed by atoms with Crippen molar-refractivity contribution in [2.75, 3.05) is 6.61 Å². The predicted octanol–water partition coefficient (Wildman–Crippen LogP) is 4.66. The Hall–Kier alpha value is -3.38. The summed E-state index contributed by atoms with van der Waals surface area (Å²) in [6.45, 7) is 3.11. The van der Waals surface area contributed by atoms with E-state index in [1.165, 1.54) is 4.68 Å². The summed E-state index contributed by atoms with van der Waals surface area (Å²) >= 11 is 6.39. The van der Waals surface area contributed by atoms with Gasteiger partial charge in [-0.05, 0) is 32.0 Å². The molecule has 0 unspecified atom stereocenters. The highest BCUT2D eigenvalue weighted by Crippen LogP contribution is 2.25. The van der Waals surface area contributed by atoms with Crippen LogP contribution in [-0.2, 0) is 4.74 Å². The van der Waals surface area contributed by atoms with Crippen LogP contribution in [0.25, 0.3) is 16.6 Å². The number of rotatable bonds is 5. The first-order valence-corrected chi connectivity index (χ1v) is 9.43. The second-order valence-electron chi connectivity index (χ2n) is 6.67. The van der Waals surface area contributed by atoms with Crippen molar-refractivity contribution in [2.45, 2.75) is 13.8 Å². The molecule has 4 aromatic rings. The van der Waals surface area contributed by atoms with Crippen LogP contribution in [0, 0.1) is 13.8 Å². The van der Waals surface area contributed by atoms with Crippen molar-refractivity contribution in [3.8, 4) is 5.69 Å². The zero-order valence-corrected chi connectivity index (χ0v) is 16.7. The van der Waals surface area contributed by atoms with Gasteiger partial charge in [-0.1, -0.05) is 48.0 Å². The fourth-order valence-corrected chi connectivity index (χ4v) is 3.73. The number of H-pyrrole nitrogens is 1. The predicted molar refractivity (Wildman–Crippen MR) is 111 cm³/mol. The van der Waals surface area contributed by atoms with Crippen molar-refractivity contribution in [1.82, 2.24) is 14.8 Å². The average molecular weight is 408 g/mol. The fourth-order valence-electron chi connectivity index (χ4n) is 3.38. The molecular formula is C22H18ClN3O3. The Labute approximate surface area is 172 Å². The topological polar surface area (TPSA) is 77.0 Å². The number of hydrogen-bond donors (Lipinski definition) is 1. The van der Waals surface area contributed by atoms with E-state index in [2.05, 4.69) is 10.1 Å². The number of aromatic nitrogens is 3. The Balaban J connectivity index is 1.55. The van der Waals surface area contributed by atoms with Gasteiger partial charge in [-0.25, -0.2) is 9.48 Å². The molecule has 0 amide bonds. The summed E-state index contributed by atoms with van der Waals surface area (Å²) in [7, 11) is 0. The fraction of sp³-hybridized carbons (Fsp3) is 0.136. The van der Waals surface area contributed by atoms with Crippen molar-refractivity contribution < 1.29 is 14.3 Å². The lowest BCUT2D eigenvalue weighted by Crippen LogP contribution is -2.15. The molecular weight excluding hydrogens is 390 g/mol. The lowest BCUT2D eigenvalue weighted by atomic mass is 10.1. The van der Waals surface area contributed by atoms with Crippen LogP contribution in [-0.4, -0.2) is 33.1 Å². The number of halogens is 1. The Morgan fingerprint density at radius 3 is 2.48 bits per heavy atom. The summed E-state index contributed by atoms with van der Waals surface area (Å²) in [5, 5.41) is 5.28. The number of aromatic amines is 1. The molecule has 6 nitrogen and oxygen atoms in total. The number of Topliss-reactive ketones (excluding diaryl/α,β-unsaturated/α-hetero) is 1. The van der Waals surface area contributed by atoms with E-state index in [1.54, 1.807) is 6.92 Å². The molecule has 0 saturated carbocycles.